The van der Waals surface area contributed by atoms with Gasteiger partial charge in [-0.15, -0.1) is 0 Å². The molecule has 0 spiro atoms. The maximum atomic E-state index is 5.56. The van der Waals surface area contributed by atoms with Crippen LogP contribution in [0.4, 0.5) is 0 Å². The van der Waals surface area contributed by atoms with Gasteiger partial charge in [0.25, 0.3) is 0 Å². The van der Waals surface area contributed by atoms with Crippen molar-refractivity contribution in [2.45, 2.75) is 232 Å². The summed E-state index contributed by atoms with van der Waals surface area (Å²) >= 11 is 0. The zero-order valence-electron chi connectivity index (χ0n) is 28.7. The highest BCUT2D eigenvalue weighted by atomic mass is 16.5. The molecule has 40 heavy (non-hydrogen) atoms. The molecule has 0 aromatic rings. The lowest BCUT2D eigenvalue weighted by Crippen LogP contribution is -2.08. The van der Waals surface area contributed by atoms with Crippen LogP contribution in [0, 0.1) is 5.92 Å². The third kappa shape index (κ3) is 34.2. The van der Waals surface area contributed by atoms with Crippen LogP contribution in [-0.2, 0) is 4.74 Å². The average molecular weight is 565 g/mol. The highest BCUT2D eigenvalue weighted by Gasteiger charge is 2.08. The van der Waals surface area contributed by atoms with Gasteiger partial charge < -0.3 is 4.74 Å². The van der Waals surface area contributed by atoms with E-state index in [1.807, 2.05) is 7.11 Å². The van der Waals surface area contributed by atoms with Crippen LogP contribution in [0.1, 0.15) is 232 Å². The van der Waals surface area contributed by atoms with E-state index in [1.54, 1.807) is 0 Å². The van der Waals surface area contributed by atoms with Gasteiger partial charge in [0.1, 0.15) is 0 Å². The Morgan fingerprint density at radius 2 is 0.500 bits per heavy atom. The maximum Gasteiger partial charge on any atom is 0.0490 e. The molecule has 0 rings (SSSR count). The number of hydrogen-bond donors (Lipinski definition) is 0. The Labute approximate surface area is 256 Å². The average Bonchev–Trinajstić information content (AvgIpc) is 2.96. The molecule has 0 N–H and O–H groups in total. The molecule has 0 saturated heterocycles. The van der Waals surface area contributed by atoms with Gasteiger partial charge in [0.15, 0.2) is 0 Å². The molecular weight excluding hydrogens is 484 g/mol. The molecule has 0 heterocycles. The summed E-state index contributed by atoms with van der Waals surface area (Å²) in [5.41, 5.74) is 0. The van der Waals surface area contributed by atoms with Crippen LogP contribution in [0.15, 0.2) is 0 Å². The van der Waals surface area contributed by atoms with Gasteiger partial charge in [0.2, 0.25) is 0 Å². The van der Waals surface area contributed by atoms with E-state index in [0.29, 0.717) is 0 Å². The van der Waals surface area contributed by atoms with Gasteiger partial charge in [-0.1, -0.05) is 219 Å². The molecule has 0 atom stereocenters. The van der Waals surface area contributed by atoms with Gasteiger partial charge in [-0.25, -0.2) is 0 Å². The molecule has 1 heteroatoms. The lowest BCUT2D eigenvalue weighted by molar-refractivity contribution is 0.140. The summed E-state index contributed by atoms with van der Waals surface area (Å²) in [4.78, 5) is 0. The van der Waals surface area contributed by atoms with Crippen LogP contribution in [0.3, 0.4) is 0 Å². The number of methoxy groups -OCH3 is 1. The molecule has 0 aliphatic rings. The summed E-state index contributed by atoms with van der Waals surface area (Å²) in [6.45, 7) is 5.60. The fraction of sp³-hybridized carbons (Fsp3) is 1.00. The standard InChI is InChI=1S/C39H80O/c1-4-6-8-10-12-14-16-18-20-22-24-26-28-30-32-34-36-39(38-40-3)37-35-33-31-29-27-25-23-21-19-17-15-13-11-9-7-5-2/h39H,4-38H2,1-3H3. The molecule has 0 radical (unpaired) electrons. The van der Waals surface area contributed by atoms with E-state index in [9.17, 15) is 0 Å². The van der Waals surface area contributed by atoms with E-state index in [1.165, 1.54) is 218 Å². The second-order valence-electron chi connectivity index (χ2n) is 13.5. The topological polar surface area (TPSA) is 9.23 Å². The number of rotatable bonds is 36. The largest absolute Gasteiger partial charge is 0.384 e. The fourth-order valence-corrected chi connectivity index (χ4v) is 6.51. The SMILES string of the molecule is CCCCCCCCCCCCCCCCCCC(CCCCCCCCCCCCCCCCCC)COC. The lowest BCUT2D eigenvalue weighted by atomic mass is 9.94. The smallest absolute Gasteiger partial charge is 0.0490 e. The summed E-state index contributed by atoms with van der Waals surface area (Å²) in [6, 6.07) is 0. The quantitative estimate of drug-likeness (QED) is 0.0687. The summed E-state index contributed by atoms with van der Waals surface area (Å²) in [5, 5.41) is 0. The van der Waals surface area contributed by atoms with Crippen molar-refractivity contribution < 1.29 is 4.74 Å². The number of hydrogen-bond acceptors (Lipinski definition) is 1. The summed E-state index contributed by atoms with van der Waals surface area (Å²) < 4.78 is 5.56. The van der Waals surface area contributed by atoms with Crippen LogP contribution in [0.5, 0.6) is 0 Å². The normalized spacial score (nSPS) is 11.7. The molecule has 0 aromatic heterocycles. The summed E-state index contributed by atoms with van der Waals surface area (Å²) in [5.74, 6) is 0.809. The van der Waals surface area contributed by atoms with Gasteiger partial charge in [0, 0.05) is 13.7 Å². The Morgan fingerprint density at radius 1 is 0.300 bits per heavy atom. The monoisotopic (exact) mass is 565 g/mol. The van der Waals surface area contributed by atoms with Gasteiger partial charge >= 0.3 is 0 Å². The molecule has 0 amide bonds. The van der Waals surface area contributed by atoms with Crippen molar-refractivity contribution in [3.8, 4) is 0 Å². The summed E-state index contributed by atoms with van der Waals surface area (Å²) in [6.07, 6.45) is 49.5. The zero-order valence-corrected chi connectivity index (χ0v) is 28.7. The van der Waals surface area contributed by atoms with Crippen LogP contribution >= 0.6 is 0 Å². The van der Waals surface area contributed by atoms with E-state index >= 15 is 0 Å². The van der Waals surface area contributed by atoms with E-state index in [0.717, 1.165) is 12.5 Å². The third-order valence-corrected chi connectivity index (χ3v) is 9.33. The van der Waals surface area contributed by atoms with E-state index in [4.69, 9.17) is 4.74 Å². The first-order chi connectivity index (χ1) is 19.8. The molecule has 0 saturated carbocycles. The van der Waals surface area contributed by atoms with Crippen LogP contribution < -0.4 is 0 Å². The molecule has 0 bridgehead atoms. The minimum Gasteiger partial charge on any atom is -0.384 e. The molecule has 0 aromatic carbocycles. The molecule has 0 unspecified atom stereocenters. The molecule has 242 valence electrons. The minimum absolute atomic E-state index is 0.809. The van der Waals surface area contributed by atoms with Crippen molar-refractivity contribution in [3.63, 3.8) is 0 Å². The fourth-order valence-electron chi connectivity index (χ4n) is 6.51. The first-order valence-electron chi connectivity index (χ1n) is 19.3. The van der Waals surface area contributed by atoms with Gasteiger partial charge in [-0.05, 0) is 18.8 Å². The minimum atomic E-state index is 0.809. The first-order valence-corrected chi connectivity index (χ1v) is 19.3. The van der Waals surface area contributed by atoms with Crippen molar-refractivity contribution in [1.29, 1.82) is 0 Å². The van der Waals surface area contributed by atoms with Crippen molar-refractivity contribution in [1.82, 2.24) is 0 Å². The van der Waals surface area contributed by atoms with Gasteiger partial charge in [-0.3, -0.25) is 0 Å². The first kappa shape index (κ1) is 40.0. The second-order valence-corrected chi connectivity index (χ2v) is 13.5. The Bertz CT molecular complexity index is 383. The molecule has 1 nitrogen and oxygen atoms in total. The third-order valence-electron chi connectivity index (χ3n) is 9.33. The van der Waals surface area contributed by atoms with Crippen molar-refractivity contribution in [3.05, 3.63) is 0 Å². The number of ether oxygens (including phenoxy) is 1. The van der Waals surface area contributed by atoms with E-state index < -0.39 is 0 Å². The predicted octanol–water partition coefficient (Wildman–Crippen LogP) is 14.6. The maximum absolute atomic E-state index is 5.56. The summed E-state index contributed by atoms with van der Waals surface area (Å²) in [7, 11) is 1.90. The Morgan fingerprint density at radius 3 is 0.700 bits per heavy atom. The Balaban J connectivity index is 3.35. The predicted molar refractivity (Wildman–Crippen MR) is 184 cm³/mol. The number of unbranched alkanes of at least 4 members (excludes halogenated alkanes) is 30. The van der Waals surface area contributed by atoms with Gasteiger partial charge in [-0.2, -0.15) is 0 Å². The molecule has 0 aliphatic heterocycles. The van der Waals surface area contributed by atoms with Crippen molar-refractivity contribution in [2.75, 3.05) is 13.7 Å². The van der Waals surface area contributed by atoms with Crippen LogP contribution in [0.25, 0.3) is 0 Å². The van der Waals surface area contributed by atoms with E-state index in [-0.39, 0.29) is 0 Å². The van der Waals surface area contributed by atoms with Crippen LogP contribution in [0.2, 0.25) is 0 Å². The van der Waals surface area contributed by atoms with Crippen molar-refractivity contribution in [2.24, 2.45) is 5.92 Å². The Kier molecular flexibility index (Phi) is 36.9. The molecule has 0 aliphatic carbocycles. The second kappa shape index (κ2) is 37.0. The van der Waals surface area contributed by atoms with Gasteiger partial charge in [0.05, 0.1) is 0 Å². The molecular formula is C39H80O. The highest BCUT2D eigenvalue weighted by Crippen LogP contribution is 2.20. The zero-order chi connectivity index (χ0) is 29.0. The van der Waals surface area contributed by atoms with Crippen LogP contribution in [-0.4, -0.2) is 13.7 Å². The lowest BCUT2D eigenvalue weighted by Gasteiger charge is -2.16. The highest BCUT2D eigenvalue weighted by molar-refractivity contribution is 4.61. The van der Waals surface area contributed by atoms with E-state index in [2.05, 4.69) is 13.8 Å². The Hall–Kier alpha value is -0.0400. The molecule has 0 fully saturated rings. The van der Waals surface area contributed by atoms with Crippen molar-refractivity contribution >= 4 is 0 Å².